The molecule has 0 bridgehead atoms. The van der Waals surface area contributed by atoms with Gasteiger partial charge < -0.3 is 19.5 Å². The van der Waals surface area contributed by atoms with Gasteiger partial charge in [0.15, 0.2) is 0 Å². The van der Waals surface area contributed by atoms with Gasteiger partial charge in [-0.15, -0.1) is 0 Å². The summed E-state index contributed by atoms with van der Waals surface area (Å²) in [7, 11) is 1.67. The van der Waals surface area contributed by atoms with E-state index in [0.717, 1.165) is 32.1 Å². The molecule has 1 N–H and O–H groups in total. The van der Waals surface area contributed by atoms with E-state index in [1.165, 1.54) is 0 Å². The molecule has 1 heterocycles. The molecule has 21 heavy (non-hydrogen) atoms. The van der Waals surface area contributed by atoms with Crippen LogP contribution < -0.4 is 0 Å². The van der Waals surface area contributed by atoms with E-state index in [-0.39, 0.29) is 24.2 Å². The third kappa shape index (κ3) is 4.41. The average molecular weight is 299 g/mol. The van der Waals surface area contributed by atoms with Crippen molar-refractivity contribution >= 4 is 12.4 Å². The van der Waals surface area contributed by atoms with Crippen molar-refractivity contribution in [3.05, 3.63) is 0 Å². The fourth-order valence-corrected chi connectivity index (χ4v) is 3.24. The minimum Gasteiger partial charge on any atom is -0.481 e. The van der Waals surface area contributed by atoms with Crippen LogP contribution in [0, 0.1) is 5.92 Å². The number of carbonyl (C=O) groups is 2. The molecule has 1 saturated carbocycles. The molecule has 2 unspecified atom stereocenters. The lowest BCUT2D eigenvalue weighted by molar-refractivity contribution is -0.144. The summed E-state index contributed by atoms with van der Waals surface area (Å²) in [5.74, 6) is -0.910. The van der Waals surface area contributed by atoms with Crippen LogP contribution in [0.25, 0.3) is 0 Å². The number of piperidine rings is 1. The monoisotopic (exact) mass is 299 g/mol. The first-order valence-corrected chi connectivity index (χ1v) is 7.72. The van der Waals surface area contributed by atoms with Crippen LogP contribution in [0.4, 0.5) is 0 Å². The predicted molar refractivity (Wildman–Crippen MR) is 75.9 cm³/mol. The fraction of sp³-hybridized carbons (Fsp3) is 0.867. The minimum absolute atomic E-state index is 0.117. The number of carbonyl (C=O) groups excluding carboxylic acids is 1. The first-order valence-electron chi connectivity index (χ1n) is 7.72. The number of carboxylic acids is 1. The highest BCUT2D eigenvalue weighted by molar-refractivity contribution is 5.70. The molecule has 2 rings (SSSR count). The normalized spacial score (nSPS) is 33.7. The van der Waals surface area contributed by atoms with Crippen LogP contribution >= 0.6 is 0 Å². The van der Waals surface area contributed by atoms with Crippen LogP contribution in [0.2, 0.25) is 0 Å². The molecule has 0 aromatic carbocycles. The van der Waals surface area contributed by atoms with E-state index in [4.69, 9.17) is 14.6 Å². The SMILES string of the molecule is COC1CCC(COC2CCC(C(=O)O)CC2)N(C=O)C1. The van der Waals surface area contributed by atoms with Gasteiger partial charge >= 0.3 is 5.97 Å². The number of hydrogen-bond acceptors (Lipinski definition) is 4. The number of rotatable bonds is 6. The van der Waals surface area contributed by atoms with Gasteiger partial charge in [0.1, 0.15) is 0 Å². The van der Waals surface area contributed by atoms with Crippen LogP contribution in [0.5, 0.6) is 0 Å². The minimum atomic E-state index is -0.696. The number of likely N-dealkylation sites (tertiary alicyclic amines) is 1. The quantitative estimate of drug-likeness (QED) is 0.748. The average Bonchev–Trinajstić information content (AvgIpc) is 2.53. The van der Waals surface area contributed by atoms with Gasteiger partial charge in [0, 0.05) is 13.7 Å². The zero-order valence-corrected chi connectivity index (χ0v) is 12.6. The van der Waals surface area contributed by atoms with Gasteiger partial charge in [-0.05, 0) is 38.5 Å². The van der Waals surface area contributed by atoms with Gasteiger partial charge in [-0.25, -0.2) is 0 Å². The summed E-state index contributed by atoms with van der Waals surface area (Å²) < 4.78 is 11.2. The maximum atomic E-state index is 11.2. The van der Waals surface area contributed by atoms with Crippen molar-refractivity contribution in [1.82, 2.24) is 4.90 Å². The molecular weight excluding hydrogens is 274 g/mol. The van der Waals surface area contributed by atoms with Crippen LogP contribution in [-0.2, 0) is 19.1 Å². The summed E-state index contributed by atoms with van der Waals surface area (Å²) in [5.41, 5.74) is 0. The third-order valence-corrected chi connectivity index (χ3v) is 4.72. The Morgan fingerprint density at radius 2 is 1.86 bits per heavy atom. The Hall–Kier alpha value is -1.14. The molecule has 6 nitrogen and oxygen atoms in total. The Kier molecular flexibility index (Phi) is 5.99. The smallest absolute Gasteiger partial charge is 0.306 e. The first kappa shape index (κ1) is 16.2. The summed E-state index contributed by atoms with van der Waals surface area (Å²) in [6, 6.07) is 0.117. The van der Waals surface area contributed by atoms with Crippen molar-refractivity contribution in [2.75, 3.05) is 20.3 Å². The number of nitrogens with zero attached hydrogens (tertiary/aromatic N) is 1. The summed E-state index contributed by atoms with van der Waals surface area (Å²) in [4.78, 5) is 23.8. The highest BCUT2D eigenvalue weighted by Crippen LogP contribution is 2.27. The lowest BCUT2D eigenvalue weighted by Gasteiger charge is -2.37. The number of carboxylic acid groups (broad SMARTS) is 1. The van der Waals surface area contributed by atoms with Gasteiger partial charge in [-0.1, -0.05) is 0 Å². The van der Waals surface area contributed by atoms with E-state index in [1.807, 2.05) is 0 Å². The maximum Gasteiger partial charge on any atom is 0.306 e. The topological polar surface area (TPSA) is 76.1 Å². The van der Waals surface area contributed by atoms with E-state index in [2.05, 4.69) is 0 Å². The lowest BCUT2D eigenvalue weighted by Crippen LogP contribution is -2.48. The molecule has 2 atom stereocenters. The van der Waals surface area contributed by atoms with E-state index in [0.29, 0.717) is 26.0 Å². The number of ether oxygens (including phenoxy) is 2. The van der Waals surface area contributed by atoms with Crippen LogP contribution in [0.15, 0.2) is 0 Å². The van der Waals surface area contributed by atoms with E-state index < -0.39 is 5.97 Å². The van der Waals surface area contributed by atoms with E-state index >= 15 is 0 Å². The summed E-state index contributed by atoms with van der Waals surface area (Å²) >= 11 is 0. The van der Waals surface area contributed by atoms with Crippen LogP contribution in [0.1, 0.15) is 38.5 Å². The second kappa shape index (κ2) is 7.75. The fourth-order valence-electron chi connectivity index (χ4n) is 3.24. The van der Waals surface area contributed by atoms with Crippen molar-refractivity contribution in [3.63, 3.8) is 0 Å². The number of amides is 1. The molecule has 2 fully saturated rings. The Morgan fingerprint density at radius 1 is 1.19 bits per heavy atom. The zero-order chi connectivity index (χ0) is 15.2. The lowest BCUT2D eigenvalue weighted by atomic mass is 9.87. The second-order valence-corrected chi connectivity index (χ2v) is 6.04. The van der Waals surface area contributed by atoms with Crippen molar-refractivity contribution in [1.29, 1.82) is 0 Å². The Bertz CT molecular complexity index is 354. The molecule has 6 heteroatoms. The molecule has 1 saturated heterocycles. The van der Waals surface area contributed by atoms with Crippen molar-refractivity contribution in [3.8, 4) is 0 Å². The van der Waals surface area contributed by atoms with Crippen LogP contribution in [0.3, 0.4) is 0 Å². The molecule has 120 valence electrons. The molecule has 2 aliphatic rings. The standard InChI is InChI=1S/C15H25NO5/c1-20-14-7-4-12(16(8-14)10-17)9-21-13-5-2-11(3-6-13)15(18)19/h10-14H,2-9H2,1H3,(H,18,19). The van der Waals surface area contributed by atoms with Gasteiger partial charge in [0.2, 0.25) is 6.41 Å². The summed E-state index contributed by atoms with van der Waals surface area (Å²) in [6.45, 7) is 1.16. The molecule has 1 amide bonds. The molecule has 0 spiro atoms. The number of aliphatic carboxylic acids is 1. The largest absolute Gasteiger partial charge is 0.481 e. The Labute approximate surface area is 125 Å². The number of methoxy groups -OCH3 is 1. The second-order valence-electron chi connectivity index (χ2n) is 6.04. The van der Waals surface area contributed by atoms with Crippen molar-refractivity contribution < 1.29 is 24.2 Å². The van der Waals surface area contributed by atoms with E-state index in [9.17, 15) is 9.59 Å². The van der Waals surface area contributed by atoms with Gasteiger partial charge in [0.05, 0.1) is 30.8 Å². The van der Waals surface area contributed by atoms with E-state index in [1.54, 1.807) is 12.0 Å². The van der Waals surface area contributed by atoms with Crippen molar-refractivity contribution in [2.45, 2.75) is 56.8 Å². The highest BCUT2D eigenvalue weighted by Gasteiger charge is 2.30. The van der Waals surface area contributed by atoms with Crippen molar-refractivity contribution in [2.24, 2.45) is 5.92 Å². The summed E-state index contributed by atoms with van der Waals surface area (Å²) in [6.07, 6.45) is 5.94. The zero-order valence-electron chi connectivity index (χ0n) is 12.6. The molecule has 1 aliphatic carbocycles. The van der Waals surface area contributed by atoms with Gasteiger partial charge in [-0.3, -0.25) is 9.59 Å². The van der Waals surface area contributed by atoms with Crippen LogP contribution in [-0.4, -0.2) is 60.9 Å². The molecule has 0 radical (unpaired) electrons. The summed E-state index contributed by atoms with van der Waals surface area (Å²) in [5, 5.41) is 8.97. The maximum absolute atomic E-state index is 11.2. The Balaban J connectivity index is 1.73. The molecule has 0 aromatic rings. The third-order valence-electron chi connectivity index (χ3n) is 4.72. The molecular formula is C15H25NO5. The molecule has 0 aromatic heterocycles. The van der Waals surface area contributed by atoms with Gasteiger partial charge in [-0.2, -0.15) is 0 Å². The number of hydrogen-bond donors (Lipinski definition) is 1. The predicted octanol–water partition coefficient (Wildman–Crippen LogP) is 1.28. The highest BCUT2D eigenvalue weighted by atomic mass is 16.5. The van der Waals surface area contributed by atoms with Gasteiger partial charge in [0.25, 0.3) is 0 Å². The Morgan fingerprint density at radius 3 is 2.43 bits per heavy atom. The first-order chi connectivity index (χ1) is 10.1. The molecule has 1 aliphatic heterocycles.